The molecule has 5 nitrogen and oxygen atoms in total. The van der Waals surface area contributed by atoms with E-state index in [1.54, 1.807) is 0 Å². The number of amides is 1. The van der Waals surface area contributed by atoms with Crippen molar-refractivity contribution in [1.29, 1.82) is 0 Å². The summed E-state index contributed by atoms with van der Waals surface area (Å²) in [5, 5.41) is 3.47. The van der Waals surface area contributed by atoms with E-state index in [2.05, 4.69) is 41.2 Å². The van der Waals surface area contributed by atoms with Crippen LogP contribution < -0.4 is 10.2 Å². The second-order valence-corrected chi connectivity index (χ2v) is 7.40. The molecule has 148 valence electrons. The fourth-order valence-corrected chi connectivity index (χ4v) is 3.70. The Bertz CT molecular complexity index is 995. The number of nitrogens with zero attached hydrogens (tertiary/aromatic N) is 3. The summed E-state index contributed by atoms with van der Waals surface area (Å²) in [6, 6.07) is 18.0. The molecule has 0 atom stereocenters. The highest BCUT2D eigenvalue weighted by Gasteiger charge is 2.24. The van der Waals surface area contributed by atoms with Crippen molar-refractivity contribution in [2.24, 2.45) is 0 Å². The quantitative estimate of drug-likeness (QED) is 0.722. The monoisotopic (exact) mass is 386 g/mol. The topological polar surface area (TPSA) is 48.5 Å². The van der Waals surface area contributed by atoms with Crippen LogP contribution in [0.4, 0.5) is 17.1 Å². The Morgan fingerprint density at radius 2 is 1.55 bits per heavy atom. The van der Waals surface area contributed by atoms with Crippen LogP contribution in [-0.2, 0) is 0 Å². The van der Waals surface area contributed by atoms with Gasteiger partial charge in [0.15, 0.2) is 0 Å². The molecule has 1 aliphatic rings. The highest BCUT2D eigenvalue weighted by molar-refractivity contribution is 6.00. The lowest BCUT2D eigenvalue weighted by Crippen LogP contribution is -2.48. The Kier molecular flexibility index (Phi) is 5.47. The van der Waals surface area contributed by atoms with Gasteiger partial charge in [0, 0.05) is 49.9 Å². The van der Waals surface area contributed by atoms with Crippen molar-refractivity contribution < 1.29 is 4.79 Å². The van der Waals surface area contributed by atoms with Gasteiger partial charge in [0.2, 0.25) is 0 Å². The Balaban J connectivity index is 1.49. The second-order valence-electron chi connectivity index (χ2n) is 7.40. The van der Waals surface area contributed by atoms with E-state index >= 15 is 0 Å². The van der Waals surface area contributed by atoms with E-state index in [0.29, 0.717) is 18.7 Å². The maximum Gasteiger partial charge on any atom is 0.256 e. The molecule has 1 amide bonds. The van der Waals surface area contributed by atoms with E-state index in [1.165, 1.54) is 11.1 Å². The first kappa shape index (κ1) is 19.0. The predicted octanol–water partition coefficient (Wildman–Crippen LogP) is 4.40. The molecule has 0 bridgehead atoms. The molecule has 5 heteroatoms. The fraction of sp³-hybridized carbons (Fsp3) is 0.250. The van der Waals surface area contributed by atoms with E-state index in [9.17, 15) is 4.79 Å². The Labute approximate surface area is 172 Å². The first-order valence-corrected chi connectivity index (χ1v) is 10.00. The number of benzene rings is 2. The third-order valence-electron chi connectivity index (χ3n) is 5.63. The number of anilines is 3. The molecule has 1 N–H and O–H groups in total. The number of para-hydroxylation sites is 1. The maximum atomic E-state index is 13.3. The van der Waals surface area contributed by atoms with Crippen molar-refractivity contribution in [2.45, 2.75) is 13.8 Å². The number of carbonyl (C=O) groups excluding carboxylic acids is 1. The van der Waals surface area contributed by atoms with Gasteiger partial charge in [-0.05, 0) is 55.3 Å². The molecule has 2 aromatic carbocycles. The van der Waals surface area contributed by atoms with Gasteiger partial charge >= 0.3 is 0 Å². The van der Waals surface area contributed by atoms with Gasteiger partial charge in [-0.3, -0.25) is 9.78 Å². The summed E-state index contributed by atoms with van der Waals surface area (Å²) in [7, 11) is 0. The van der Waals surface area contributed by atoms with Crippen LogP contribution in [0.1, 0.15) is 21.5 Å². The smallest absolute Gasteiger partial charge is 0.256 e. The largest absolute Gasteiger partial charge is 0.368 e. The zero-order valence-electron chi connectivity index (χ0n) is 16.9. The van der Waals surface area contributed by atoms with E-state index < -0.39 is 0 Å². The van der Waals surface area contributed by atoms with Crippen LogP contribution in [-0.4, -0.2) is 42.0 Å². The average Bonchev–Trinajstić information content (AvgIpc) is 2.77. The SMILES string of the molecule is Cc1cccc(Nc2ccccc2C(=O)N2CCN(c3ccncc3)CC2)c1C. The van der Waals surface area contributed by atoms with Crippen LogP contribution in [0.15, 0.2) is 67.0 Å². The van der Waals surface area contributed by atoms with Crippen LogP contribution in [0.3, 0.4) is 0 Å². The third-order valence-corrected chi connectivity index (χ3v) is 5.63. The zero-order chi connectivity index (χ0) is 20.2. The Morgan fingerprint density at radius 1 is 0.862 bits per heavy atom. The molecule has 1 aliphatic heterocycles. The molecule has 0 radical (unpaired) electrons. The van der Waals surface area contributed by atoms with Crippen molar-refractivity contribution in [3.63, 3.8) is 0 Å². The maximum absolute atomic E-state index is 13.3. The number of hydrogen-bond donors (Lipinski definition) is 1. The molecular formula is C24H26N4O. The highest BCUT2D eigenvalue weighted by Crippen LogP contribution is 2.26. The Morgan fingerprint density at radius 3 is 2.31 bits per heavy atom. The van der Waals surface area contributed by atoms with Crippen LogP contribution in [0.2, 0.25) is 0 Å². The van der Waals surface area contributed by atoms with Crippen LogP contribution in [0.25, 0.3) is 0 Å². The van der Waals surface area contributed by atoms with Crippen molar-refractivity contribution in [3.05, 3.63) is 83.7 Å². The number of hydrogen-bond acceptors (Lipinski definition) is 4. The summed E-state index contributed by atoms with van der Waals surface area (Å²) in [5.41, 5.74) is 6.18. The number of pyridine rings is 1. The molecular weight excluding hydrogens is 360 g/mol. The minimum absolute atomic E-state index is 0.0767. The molecule has 0 unspecified atom stereocenters. The predicted molar refractivity (Wildman–Crippen MR) is 118 cm³/mol. The van der Waals surface area contributed by atoms with Crippen LogP contribution in [0.5, 0.6) is 0 Å². The summed E-state index contributed by atoms with van der Waals surface area (Å²) in [6.45, 7) is 7.25. The van der Waals surface area contributed by atoms with Gasteiger partial charge in [-0.15, -0.1) is 0 Å². The minimum atomic E-state index is 0.0767. The van der Waals surface area contributed by atoms with E-state index in [0.717, 1.165) is 30.2 Å². The number of piperazine rings is 1. The number of rotatable bonds is 4. The van der Waals surface area contributed by atoms with Gasteiger partial charge in [-0.25, -0.2) is 0 Å². The van der Waals surface area contributed by atoms with Crippen molar-refractivity contribution >= 4 is 23.0 Å². The average molecular weight is 386 g/mol. The number of aryl methyl sites for hydroxylation is 1. The highest BCUT2D eigenvalue weighted by atomic mass is 16.2. The molecule has 1 saturated heterocycles. The molecule has 3 aromatic rings. The van der Waals surface area contributed by atoms with Gasteiger partial charge < -0.3 is 15.1 Å². The fourth-order valence-electron chi connectivity index (χ4n) is 3.70. The molecule has 29 heavy (non-hydrogen) atoms. The van der Waals surface area contributed by atoms with Gasteiger partial charge in [-0.1, -0.05) is 24.3 Å². The van der Waals surface area contributed by atoms with Gasteiger partial charge in [-0.2, -0.15) is 0 Å². The second kappa shape index (κ2) is 8.35. The van der Waals surface area contributed by atoms with Crippen LogP contribution >= 0.6 is 0 Å². The van der Waals surface area contributed by atoms with E-state index in [4.69, 9.17) is 0 Å². The molecule has 4 rings (SSSR count). The molecule has 1 fully saturated rings. The lowest BCUT2D eigenvalue weighted by Gasteiger charge is -2.36. The lowest BCUT2D eigenvalue weighted by atomic mass is 10.1. The molecule has 0 saturated carbocycles. The third kappa shape index (κ3) is 4.09. The summed E-state index contributed by atoms with van der Waals surface area (Å²) in [6.07, 6.45) is 3.62. The molecule has 0 spiro atoms. The lowest BCUT2D eigenvalue weighted by molar-refractivity contribution is 0.0748. The van der Waals surface area contributed by atoms with Gasteiger partial charge in [0.25, 0.3) is 5.91 Å². The number of nitrogens with one attached hydrogen (secondary N) is 1. The summed E-state index contributed by atoms with van der Waals surface area (Å²) >= 11 is 0. The van der Waals surface area contributed by atoms with Gasteiger partial charge in [0.1, 0.15) is 0 Å². The number of carbonyl (C=O) groups is 1. The van der Waals surface area contributed by atoms with Crippen molar-refractivity contribution in [3.8, 4) is 0 Å². The van der Waals surface area contributed by atoms with E-state index in [1.807, 2.05) is 59.8 Å². The minimum Gasteiger partial charge on any atom is -0.368 e. The number of aromatic nitrogens is 1. The van der Waals surface area contributed by atoms with Crippen molar-refractivity contribution in [1.82, 2.24) is 9.88 Å². The summed E-state index contributed by atoms with van der Waals surface area (Å²) in [4.78, 5) is 21.6. The first-order valence-electron chi connectivity index (χ1n) is 10.00. The molecule has 1 aromatic heterocycles. The van der Waals surface area contributed by atoms with Crippen molar-refractivity contribution in [2.75, 3.05) is 36.4 Å². The van der Waals surface area contributed by atoms with Gasteiger partial charge in [0.05, 0.1) is 11.3 Å². The van der Waals surface area contributed by atoms with E-state index in [-0.39, 0.29) is 5.91 Å². The zero-order valence-corrected chi connectivity index (χ0v) is 16.9. The first-order chi connectivity index (χ1) is 14.1. The molecule has 0 aliphatic carbocycles. The normalized spacial score (nSPS) is 14.0. The Hall–Kier alpha value is -3.34. The molecule has 2 heterocycles. The summed E-state index contributed by atoms with van der Waals surface area (Å²) < 4.78 is 0. The summed E-state index contributed by atoms with van der Waals surface area (Å²) in [5.74, 6) is 0.0767. The standard InChI is InChI=1S/C24H26N4O/c1-18-6-5-9-22(19(18)2)26-23-8-4-3-7-21(23)24(29)28-16-14-27(15-17-28)20-10-12-25-13-11-20/h3-13,26H,14-17H2,1-2H3. The van der Waals surface area contributed by atoms with Crippen LogP contribution in [0, 0.1) is 13.8 Å².